The number of hydrogen-bond donors (Lipinski definition) is 0. The van der Waals surface area contributed by atoms with Gasteiger partial charge in [0, 0.05) is 33.9 Å². The summed E-state index contributed by atoms with van der Waals surface area (Å²) in [5, 5.41) is 7.73. The lowest BCUT2D eigenvalue weighted by molar-refractivity contribution is 0.662. The third-order valence-electron chi connectivity index (χ3n) is 14.4. The Kier molecular flexibility index (Phi) is 10.1. The average molecular weight is 854 g/mol. The summed E-state index contributed by atoms with van der Waals surface area (Å²) in [4.78, 5) is 2.42. The predicted octanol–water partition coefficient (Wildman–Crippen LogP) is 13.5. The number of benzene rings is 9. The summed E-state index contributed by atoms with van der Waals surface area (Å²) in [6.45, 7) is 0. The van der Waals surface area contributed by atoms with Crippen LogP contribution in [0.4, 0.5) is 17.1 Å². The molecule has 2 nitrogen and oxygen atoms in total. The quantitative estimate of drug-likeness (QED) is 0.106. The molecular weight excluding hydrogens is 803 g/mol. The molecule has 0 aliphatic heterocycles. The van der Waals surface area contributed by atoms with Crippen LogP contribution in [0.1, 0.15) is 47.9 Å². The van der Waals surface area contributed by atoms with Crippen LogP contribution in [0.25, 0.3) is 44.2 Å². The van der Waals surface area contributed by atoms with Crippen molar-refractivity contribution in [3.05, 3.63) is 235 Å². The highest BCUT2D eigenvalue weighted by molar-refractivity contribution is 7.19. The molecule has 9 aromatic carbocycles. The maximum atomic E-state index is 6.53. The van der Waals surface area contributed by atoms with E-state index in [1.807, 2.05) is 6.07 Å². The van der Waals surface area contributed by atoms with E-state index in [0.717, 1.165) is 64.7 Å². The monoisotopic (exact) mass is 853 g/mol. The fraction of sp³-hybridized carbons (Fsp3) is 0.129. The van der Waals surface area contributed by atoms with Gasteiger partial charge in [0.1, 0.15) is 11.2 Å². The van der Waals surface area contributed by atoms with Crippen LogP contribution in [-0.4, -0.2) is 8.07 Å². The Morgan fingerprint density at radius 2 is 0.708 bits per heavy atom. The molecule has 314 valence electrons. The first-order chi connectivity index (χ1) is 32.3. The highest BCUT2D eigenvalue weighted by Crippen LogP contribution is 2.47. The topological polar surface area (TPSA) is 16.4 Å². The van der Waals surface area contributed by atoms with E-state index >= 15 is 0 Å². The van der Waals surface area contributed by atoms with Gasteiger partial charge in [-0.25, -0.2) is 0 Å². The van der Waals surface area contributed by atoms with Gasteiger partial charge in [-0.2, -0.15) is 0 Å². The fourth-order valence-electron chi connectivity index (χ4n) is 11.6. The third kappa shape index (κ3) is 6.76. The van der Waals surface area contributed by atoms with Crippen LogP contribution >= 0.6 is 0 Å². The van der Waals surface area contributed by atoms with E-state index in [4.69, 9.17) is 4.42 Å². The van der Waals surface area contributed by atoms with Crippen LogP contribution in [0.5, 0.6) is 0 Å². The Balaban J connectivity index is 1.02. The number of fused-ring (bicyclic) bond motifs is 5. The Bertz CT molecular complexity index is 3150. The molecule has 0 spiro atoms. The SMILES string of the molecule is c1ccc(-c2c3c(c(-c4ccc(N(c5ccc([Si](c6ccccc6)(c6ccccc6)c6ccccc6)cc5)c5ccc6c(c5)oc5ccccc56)cc4)c4c2CCCC4)CCCC3)cc1. The van der Waals surface area contributed by atoms with Gasteiger partial charge in [-0.3, -0.25) is 0 Å². The van der Waals surface area contributed by atoms with Crippen molar-refractivity contribution in [3.63, 3.8) is 0 Å². The number of hydrogen-bond acceptors (Lipinski definition) is 2. The van der Waals surface area contributed by atoms with Crippen molar-refractivity contribution in [2.24, 2.45) is 0 Å². The molecule has 1 aromatic heterocycles. The molecule has 3 heteroatoms. The zero-order valence-electron chi connectivity index (χ0n) is 36.7. The number of para-hydroxylation sites is 1. The lowest BCUT2D eigenvalue weighted by Crippen LogP contribution is -2.74. The van der Waals surface area contributed by atoms with Gasteiger partial charge < -0.3 is 9.32 Å². The van der Waals surface area contributed by atoms with Crippen LogP contribution in [0, 0.1) is 0 Å². The molecule has 65 heavy (non-hydrogen) atoms. The molecule has 0 unspecified atom stereocenters. The van der Waals surface area contributed by atoms with E-state index < -0.39 is 8.07 Å². The van der Waals surface area contributed by atoms with E-state index in [1.54, 1.807) is 27.8 Å². The first kappa shape index (κ1) is 39.4. The molecule has 12 rings (SSSR count). The van der Waals surface area contributed by atoms with Gasteiger partial charge in [0.25, 0.3) is 0 Å². The minimum atomic E-state index is -2.70. The summed E-state index contributed by atoms with van der Waals surface area (Å²) in [6.07, 6.45) is 9.65. The lowest BCUT2D eigenvalue weighted by atomic mass is 9.73. The number of furan rings is 1. The highest BCUT2D eigenvalue weighted by Gasteiger charge is 2.41. The van der Waals surface area contributed by atoms with Gasteiger partial charge in [-0.1, -0.05) is 164 Å². The van der Waals surface area contributed by atoms with Crippen molar-refractivity contribution < 1.29 is 4.42 Å². The van der Waals surface area contributed by atoms with Gasteiger partial charge in [-0.05, 0) is 159 Å². The Morgan fingerprint density at radius 1 is 0.323 bits per heavy atom. The van der Waals surface area contributed by atoms with Crippen molar-refractivity contribution in [2.75, 3.05) is 4.90 Å². The molecule has 10 aromatic rings. The van der Waals surface area contributed by atoms with Crippen LogP contribution < -0.4 is 25.6 Å². The summed E-state index contributed by atoms with van der Waals surface area (Å²) in [5.74, 6) is 0. The zero-order valence-corrected chi connectivity index (χ0v) is 37.7. The molecule has 2 aliphatic carbocycles. The lowest BCUT2D eigenvalue weighted by Gasteiger charge is -2.35. The minimum Gasteiger partial charge on any atom is -0.456 e. The number of nitrogens with zero attached hydrogens (tertiary/aromatic N) is 1. The molecule has 0 radical (unpaired) electrons. The molecule has 0 fully saturated rings. The Hall–Kier alpha value is -7.20. The normalized spacial score (nSPS) is 13.7. The van der Waals surface area contributed by atoms with Crippen molar-refractivity contribution in [3.8, 4) is 22.3 Å². The summed E-state index contributed by atoms with van der Waals surface area (Å²) in [7, 11) is -2.70. The summed E-state index contributed by atoms with van der Waals surface area (Å²) in [6, 6.07) is 78.9. The zero-order chi connectivity index (χ0) is 43.2. The van der Waals surface area contributed by atoms with Gasteiger partial charge in [0.05, 0.1) is 0 Å². The smallest absolute Gasteiger partial charge is 0.179 e. The summed E-state index contributed by atoms with van der Waals surface area (Å²) >= 11 is 0. The molecule has 0 saturated carbocycles. The minimum absolute atomic E-state index is 0.891. The number of rotatable bonds is 9. The van der Waals surface area contributed by atoms with Crippen LogP contribution in [0.15, 0.2) is 217 Å². The Labute approximate surface area is 383 Å². The average Bonchev–Trinajstić information content (AvgIpc) is 3.76. The maximum Gasteiger partial charge on any atom is 0.179 e. The van der Waals surface area contributed by atoms with Gasteiger partial charge >= 0.3 is 0 Å². The van der Waals surface area contributed by atoms with E-state index in [1.165, 1.54) is 63.1 Å². The van der Waals surface area contributed by atoms with Crippen LogP contribution in [0.3, 0.4) is 0 Å². The predicted molar refractivity (Wildman–Crippen MR) is 276 cm³/mol. The van der Waals surface area contributed by atoms with E-state index in [2.05, 4.69) is 211 Å². The highest BCUT2D eigenvalue weighted by atomic mass is 28.3. The van der Waals surface area contributed by atoms with Crippen LogP contribution in [-0.2, 0) is 25.7 Å². The van der Waals surface area contributed by atoms with Gasteiger partial charge in [0.15, 0.2) is 8.07 Å². The molecule has 0 N–H and O–H groups in total. The third-order valence-corrected chi connectivity index (χ3v) is 19.2. The second-order valence-corrected chi connectivity index (χ2v) is 21.8. The molecule has 0 bridgehead atoms. The van der Waals surface area contributed by atoms with Crippen molar-refractivity contribution in [2.45, 2.75) is 51.4 Å². The summed E-state index contributed by atoms with van der Waals surface area (Å²) < 4.78 is 6.53. The molecule has 0 atom stereocenters. The standard InChI is InChI=1S/C62H51NOSi/c1-5-19-44(20-6-1)61-55-28-13-15-30-57(55)62(58-31-16-14-29-56(58)61)45-33-35-46(36-34-45)63(48-39-42-54-53-27-17-18-32-59(53)64-60(54)43-48)47-37-40-52(41-38-47)65(49-21-7-2-8-22-49,50-23-9-3-10-24-50)51-25-11-4-12-26-51/h1-12,17-27,32-43H,13-16,28-31H2. The molecule has 2 aliphatic rings. The number of anilines is 3. The molecule has 0 saturated heterocycles. The second-order valence-electron chi connectivity index (χ2n) is 18.0. The second kappa shape index (κ2) is 16.7. The van der Waals surface area contributed by atoms with Crippen molar-refractivity contribution in [1.29, 1.82) is 0 Å². The van der Waals surface area contributed by atoms with Crippen molar-refractivity contribution >= 4 is 67.8 Å². The first-order valence-electron chi connectivity index (χ1n) is 23.6. The van der Waals surface area contributed by atoms with Crippen molar-refractivity contribution in [1.82, 2.24) is 0 Å². The van der Waals surface area contributed by atoms with E-state index in [9.17, 15) is 0 Å². The van der Waals surface area contributed by atoms with E-state index in [-0.39, 0.29) is 0 Å². The van der Waals surface area contributed by atoms with Gasteiger partial charge in [-0.15, -0.1) is 0 Å². The first-order valence-corrected chi connectivity index (χ1v) is 25.6. The summed E-state index contributed by atoms with van der Waals surface area (Å²) in [5.41, 5.74) is 17.3. The molecule has 0 amide bonds. The molecule has 1 heterocycles. The van der Waals surface area contributed by atoms with Crippen LogP contribution in [0.2, 0.25) is 0 Å². The maximum absolute atomic E-state index is 6.53. The largest absolute Gasteiger partial charge is 0.456 e. The fourth-order valence-corrected chi connectivity index (χ4v) is 16.3. The van der Waals surface area contributed by atoms with E-state index in [0.29, 0.717) is 0 Å². The molecular formula is C62H51NOSi. The Morgan fingerprint density at radius 3 is 1.22 bits per heavy atom. The van der Waals surface area contributed by atoms with Gasteiger partial charge in [0.2, 0.25) is 0 Å².